The molecule has 0 aliphatic heterocycles. The van der Waals surface area contributed by atoms with Crippen LogP contribution >= 0.6 is 11.3 Å². The Morgan fingerprint density at radius 1 is 1.03 bits per heavy atom. The summed E-state index contributed by atoms with van der Waals surface area (Å²) in [6, 6.07) is 9.65. The SMILES string of the molecule is O=c1[nH]c(-c2ccc(-c3ccc([N+](=O)[O-])cc3)o2)nc2sc3c(c12)CCCCC3. The summed E-state index contributed by atoms with van der Waals surface area (Å²) >= 11 is 1.61. The summed E-state index contributed by atoms with van der Waals surface area (Å²) in [5.74, 6) is 1.41. The summed E-state index contributed by atoms with van der Waals surface area (Å²) in [6.07, 6.45) is 5.41. The van der Waals surface area contributed by atoms with E-state index >= 15 is 0 Å². The van der Waals surface area contributed by atoms with Crippen LogP contribution in [0.15, 0.2) is 45.6 Å². The highest BCUT2D eigenvalue weighted by atomic mass is 32.1. The van der Waals surface area contributed by atoms with E-state index in [4.69, 9.17) is 4.42 Å². The van der Waals surface area contributed by atoms with Gasteiger partial charge in [-0.1, -0.05) is 6.42 Å². The van der Waals surface area contributed by atoms with E-state index in [9.17, 15) is 14.9 Å². The van der Waals surface area contributed by atoms with Gasteiger partial charge in [-0.15, -0.1) is 11.3 Å². The number of H-pyrrole nitrogens is 1. The van der Waals surface area contributed by atoms with Crippen LogP contribution in [-0.4, -0.2) is 14.9 Å². The Balaban J connectivity index is 1.53. The third-order valence-corrected chi connectivity index (χ3v) is 6.46. The lowest BCUT2D eigenvalue weighted by molar-refractivity contribution is -0.384. The molecule has 7 nitrogen and oxygen atoms in total. The number of nitrogens with zero attached hydrogens (tertiary/aromatic N) is 2. The van der Waals surface area contributed by atoms with Gasteiger partial charge in [0.05, 0.1) is 10.3 Å². The molecule has 0 atom stereocenters. The van der Waals surface area contributed by atoms with Crippen LogP contribution in [0.4, 0.5) is 5.69 Å². The first kappa shape index (κ1) is 17.8. The third-order valence-electron chi connectivity index (χ3n) is 5.28. The number of nitro benzene ring substituents is 1. The molecule has 3 heterocycles. The van der Waals surface area contributed by atoms with Crippen LogP contribution in [0.5, 0.6) is 0 Å². The van der Waals surface area contributed by atoms with E-state index in [0.717, 1.165) is 41.5 Å². The normalized spacial score (nSPS) is 13.9. The molecule has 1 aromatic carbocycles. The number of aromatic amines is 1. The van der Waals surface area contributed by atoms with Crippen molar-refractivity contribution in [3.05, 3.63) is 67.3 Å². The Bertz CT molecular complexity index is 1280. The highest BCUT2D eigenvalue weighted by Crippen LogP contribution is 2.34. The zero-order chi connectivity index (χ0) is 20.0. The first-order valence-corrected chi connectivity index (χ1v) is 10.3. The highest BCUT2D eigenvalue weighted by Gasteiger charge is 2.20. The van der Waals surface area contributed by atoms with Crippen molar-refractivity contribution in [2.45, 2.75) is 32.1 Å². The van der Waals surface area contributed by atoms with Crippen LogP contribution in [0.25, 0.3) is 33.1 Å². The largest absolute Gasteiger partial charge is 0.453 e. The molecule has 146 valence electrons. The lowest BCUT2D eigenvalue weighted by Gasteiger charge is -2.00. The van der Waals surface area contributed by atoms with E-state index in [0.29, 0.717) is 22.9 Å². The van der Waals surface area contributed by atoms with Gasteiger partial charge in [0.25, 0.3) is 11.2 Å². The van der Waals surface area contributed by atoms with Gasteiger partial charge in [-0.05, 0) is 55.5 Å². The number of aryl methyl sites for hydroxylation is 2. The third kappa shape index (κ3) is 3.15. The topological polar surface area (TPSA) is 102 Å². The maximum Gasteiger partial charge on any atom is 0.269 e. The van der Waals surface area contributed by atoms with Crippen molar-refractivity contribution >= 4 is 27.2 Å². The molecule has 0 unspecified atom stereocenters. The monoisotopic (exact) mass is 407 g/mol. The van der Waals surface area contributed by atoms with Gasteiger partial charge in [0.15, 0.2) is 11.6 Å². The number of fused-ring (bicyclic) bond motifs is 3. The van der Waals surface area contributed by atoms with Crippen LogP contribution in [0.2, 0.25) is 0 Å². The Morgan fingerprint density at radius 3 is 2.59 bits per heavy atom. The van der Waals surface area contributed by atoms with E-state index < -0.39 is 4.92 Å². The fourth-order valence-electron chi connectivity index (χ4n) is 3.83. The maximum atomic E-state index is 12.8. The predicted molar refractivity (Wildman–Crippen MR) is 111 cm³/mol. The number of aromatic nitrogens is 2. The number of thiophene rings is 1. The smallest absolute Gasteiger partial charge is 0.269 e. The van der Waals surface area contributed by atoms with Gasteiger partial charge in [0.2, 0.25) is 0 Å². The molecule has 3 aromatic heterocycles. The van der Waals surface area contributed by atoms with Crippen molar-refractivity contribution in [3.63, 3.8) is 0 Å². The Labute approximate surface area is 169 Å². The van der Waals surface area contributed by atoms with Crippen LogP contribution in [-0.2, 0) is 12.8 Å². The van der Waals surface area contributed by atoms with Crippen molar-refractivity contribution in [1.82, 2.24) is 9.97 Å². The minimum Gasteiger partial charge on any atom is -0.453 e. The minimum atomic E-state index is -0.441. The molecule has 1 aliphatic rings. The zero-order valence-corrected chi connectivity index (χ0v) is 16.3. The van der Waals surface area contributed by atoms with Gasteiger partial charge in [0.1, 0.15) is 10.6 Å². The number of non-ortho nitro benzene ring substituents is 1. The Morgan fingerprint density at radius 2 is 1.79 bits per heavy atom. The number of furan rings is 1. The summed E-state index contributed by atoms with van der Waals surface area (Å²) in [7, 11) is 0. The first-order valence-electron chi connectivity index (χ1n) is 9.50. The minimum absolute atomic E-state index is 0.0226. The second-order valence-corrected chi connectivity index (χ2v) is 8.21. The Hall–Kier alpha value is -3.26. The number of hydrogen-bond acceptors (Lipinski definition) is 6. The molecular formula is C21H17N3O4S. The van der Waals surface area contributed by atoms with Crippen LogP contribution in [0.3, 0.4) is 0 Å². The molecule has 5 rings (SSSR count). The molecule has 0 amide bonds. The van der Waals surface area contributed by atoms with E-state index in [1.54, 1.807) is 35.6 Å². The maximum absolute atomic E-state index is 12.8. The number of hydrogen-bond donors (Lipinski definition) is 1. The molecule has 1 aliphatic carbocycles. The number of nitro groups is 1. The summed E-state index contributed by atoms with van der Waals surface area (Å²) in [5.41, 5.74) is 1.77. The van der Waals surface area contributed by atoms with Crippen LogP contribution in [0.1, 0.15) is 29.7 Å². The Kier molecular flexibility index (Phi) is 4.28. The molecule has 0 bridgehead atoms. The fourth-order valence-corrected chi connectivity index (χ4v) is 5.09. The van der Waals surface area contributed by atoms with Crippen LogP contribution in [0, 0.1) is 10.1 Å². The van der Waals surface area contributed by atoms with Crippen LogP contribution < -0.4 is 5.56 Å². The number of benzene rings is 1. The van der Waals surface area contributed by atoms with Crippen molar-refractivity contribution in [1.29, 1.82) is 0 Å². The van der Waals surface area contributed by atoms with E-state index in [-0.39, 0.29) is 11.2 Å². The molecule has 4 aromatic rings. The molecule has 1 N–H and O–H groups in total. The van der Waals surface area contributed by atoms with Gasteiger partial charge in [0, 0.05) is 22.6 Å². The van der Waals surface area contributed by atoms with Gasteiger partial charge in [-0.3, -0.25) is 14.9 Å². The molecule has 0 spiro atoms. The summed E-state index contributed by atoms with van der Waals surface area (Å²) < 4.78 is 5.88. The molecule has 0 radical (unpaired) electrons. The molecule has 8 heteroatoms. The van der Waals surface area contributed by atoms with Crippen molar-refractivity contribution < 1.29 is 9.34 Å². The standard InChI is InChI=1S/C21H17N3O4S/c25-20-18-14-4-2-1-3-5-17(14)29-21(18)23-19(22-20)16-11-10-15(28-16)12-6-8-13(9-7-12)24(26)27/h6-11H,1-5H2,(H,22,23,25). The van der Waals surface area contributed by atoms with Crippen molar-refractivity contribution in [2.75, 3.05) is 0 Å². The molecule has 29 heavy (non-hydrogen) atoms. The van der Waals surface area contributed by atoms with E-state index in [1.165, 1.54) is 23.4 Å². The average Bonchev–Trinajstić information content (AvgIpc) is 3.27. The lowest BCUT2D eigenvalue weighted by atomic mass is 10.1. The molecular weight excluding hydrogens is 390 g/mol. The zero-order valence-electron chi connectivity index (χ0n) is 15.4. The van der Waals surface area contributed by atoms with Crippen molar-refractivity contribution in [2.24, 2.45) is 0 Å². The second-order valence-electron chi connectivity index (χ2n) is 7.13. The molecule has 0 fully saturated rings. The summed E-state index contributed by atoms with van der Waals surface area (Å²) in [5, 5.41) is 11.5. The van der Waals surface area contributed by atoms with E-state index in [1.807, 2.05) is 0 Å². The summed E-state index contributed by atoms with van der Waals surface area (Å²) in [4.78, 5) is 32.7. The lowest BCUT2D eigenvalue weighted by Crippen LogP contribution is -2.09. The second kappa shape index (κ2) is 6.97. The van der Waals surface area contributed by atoms with E-state index in [2.05, 4.69) is 9.97 Å². The first-order chi connectivity index (χ1) is 14.1. The van der Waals surface area contributed by atoms with Gasteiger partial charge < -0.3 is 9.40 Å². The average molecular weight is 407 g/mol. The van der Waals surface area contributed by atoms with Crippen molar-refractivity contribution in [3.8, 4) is 22.9 Å². The van der Waals surface area contributed by atoms with Gasteiger partial charge in [-0.2, -0.15) is 0 Å². The summed E-state index contributed by atoms with van der Waals surface area (Å²) in [6.45, 7) is 0. The highest BCUT2D eigenvalue weighted by molar-refractivity contribution is 7.18. The number of nitrogens with one attached hydrogen (secondary N) is 1. The quantitative estimate of drug-likeness (QED) is 0.289. The predicted octanol–water partition coefficient (Wildman–Crippen LogP) is 5.09. The molecule has 0 saturated carbocycles. The fraction of sp³-hybridized carbons (Fsp3) is 0.238. The molecule has 0 saturated heterocycles. The van der Waals surface area contributed by atoms with Gasteiger partial charge >= 0.3 is 0 Å². The number of rotatable bonds is 3. The van der Waals surface area contributed by atoms with Gasteiger partial charge in [-0.25, -0.2) is 4.98 Å².